The summed E-state index contributed by atoms with van der Waals surface area (Å²) in [4.78, 5) is 0. The van der Waals surface area contributed by atoms with E-state index in [2.05, 4.69) is 51.2 Å². The molecule has 1 aromatic carbocycles. The molecule has 0 aromatic heterocycles. The molecule has 0 aliphatic carbocycles. The molecule has 0 atom stereocenters. The van der Waals surface area contributed by atoms with Crippen LogP contribution in [0.4, 0.5) is 0 Å². The van der Waals surface area contributed by atoms with Crippen LogP contribution in [0.15, 0.2) is 18.2 Å². The quantitative estimate of drug-likeness (QED) is 0.770. The zero-order valence-electron chi connectivity index (χ0n) is 11.1. The normalized spacial score (nSPS) is 11.1. The topological polar surface area (TPSA) is 12.0 Å². The Bertz CT molecular complexity index is 293. The van der Waals surface area contributed by atoms with Crippen LogP contribution in [0, 0.1) is 13.8 Å². The molecule has 0 bridgehead atoms. The van der Waals surface area contributed by atoms with Crippen molar-refractivity contribution in [2.24, 2.45) is 0 Å². The van der Waals surface area contributed by atoms with Gasteiger partial charge in [0.1, 0.15) is 0 Å². The molecule has 1 nitrogen and oxygen atoms in total. The van der Waals surface area contributed by atoms with Gasteiger partial charge in [0.05, 0.1) is 0 Å². The van der Waals surface area contributed by atoms with E-state index in [1.165, 1.54) is 29.5 Å². The Morgan fingerprint density at radius 1 is 1.06 bits per heavy atom. The van der Waals surface area contributed by atoms with E-state index in [1.807, 2.05) is 0 Å². The predicted molar refractivity (Wildman–Crippen MR) is 72.0 cm³/mol. The molecule has 1 N–H and O–H groups in total. The molecule has 0 aliphatic heterocycles. The standard InChI is InChI=1S/C15H25N/c1-5-14(6-2)16-11-10-15-12(3)8-7-9-13(15)4/h7-9,14,16H,5-6,10-11H2,1-4H3. The Morgan fingerprint density at radius 3 is 2.12 bits per heavy atom. The maximum Gasteiger partial charge on any atom is 0.00619 e. The molecule has 0 aliphatic rings. The van der Waals surface area contributed by atoms with Gasteiger partial charge in [-0.3, -0.25) is 0 Å². The fourth-order valence-electron chi connectivity index (χ4n) is 2.22. The monoisotopic (exact) mass is 219 g/mol. The van der Waals surface area contributed by atoms with Crippen molar-refractivity contribution >= 4 is 0 Å². The molecule has 0 spiro atoms. The first-order chi connectivity index (χ1) is 7.69. The molecule has 0 amide bonds. The van der Waals surface area contributed by atoms with Gasteiger partial charge in [0.25, 0.3) is 0 Å². The lowest BCUT2D eigenvalue weighted by molar-refractivity contribution is 0.487. The maximum absolute atomic E-state index is 3.62. The van der Waals surface area contributed by atoms with Crippen LogP contribution in [0.25, 0.3) is 0 Å². The number of aryl methyl sites for hydroxylation is 2. The molecular weight excluding hydrogens is 194 g/mol. The van der Waals surface area contributed by atoms with Crippen molar-refractivity contribution in [1.29, 1.82) is 0 Å². The van der Waals surface area contributed by atoms with Crippen LogP contribution in [0.3, 0.4) is 0 Å². The van der Waals surface area contributed by atoms with Crippen molar-refractivity contribution in [3.05, 3.63) is 34.9 Å². The van der Waals surface area contributed by atoms with E-state index >= 15 is 0 Å². The van der Waals surface area contributed by atoms with Gasteiger partial charge in [-0.25, -0.2) is 0 Å². The van der Waals surface area contributed by atoms with Crippen molar-refractivity contribution in [2.75, 3.05) is 6.54 Å². The van der Waals surface area contributed by atoms with E-state index in [-0.39, 0.29) is 0 Å². The Balaban J connectivity index is 2.48. The Kier molecular flexibility index (Phi) is 5.54. The zero-order chi connectivity index (χ0) is 12.0. The second-order valence-corrected chi connectivity index (χ2v) is 4.59. The van der Waals surface area contributed by atoms with E-state index in [0.717, 1.165) is 13.0 Å². The summed E-state index contributed by atoms with van der Waals surface area (Å²) in [5.41, 5.74) is 4.36. The maximum atomic E-state index is 3.62. The Morgan fingerprint density at radius 2 is 1.62 bits per heavy atom. The van der Waals surface area contributed by atoms with Gasteiger partial charge in [0.15, 0.2) is 0 Å². The van der Waals surface area contributed by atoms with E-state index in [1.54, 1.807) is 0 Å². The van der Waals surface area contributed by atoms with Gasteiger partial charge in [-0.1, -0.05) is 32.0 Å². The minimum atomic E-state index is 0.685. The van der Waals surface area contributed by atoms with Gasteiger partial charge in [0, 0.05) is 6.04 Å². The summed E-state index contributed by atoms with van der Waals surface area (Å²) in [6, 6.07) is 7.24. The summed E-state index contributed by atoms with van der Waals surface area (Å²) in [5, 5.41) is 3.62. The molecule has 1 aromatic rings. The molecule has 0 unspecified atom stereocenters. The number of hydrogen-bond donors (Lipinski definition) is 1. The number of benzene rings is 1. The van der Waals surface area contributed by atoms with Gasteiger partial charge in [-0.2, -0.15) is 0 Å². The van der Waals surface area contributed by atoms with Gasteiger partial charge < -0.3 is 5.32 Å². The fraction of sp³-hybridized carbons (Fsp3) is 0.600. The third-order valence-corrected chi connectivity index (χ3v) is 3.44. The lowest BCUT2D eigenvalue weighted by atomic mass is 10.00. The summed E-state index contributed by atoms with van der Waals surface area (Å²) in [5.74, 6) is 0. The highest BCUT2D eigenvalue weighted by Crippen LogP contribution is 2.13. The van der Waals surface area contributed by atoms with Gasteiger partial charge in [0.2, 0.25) is 0 Å². The van der Waals surface area contributed by atoms with E-state index < -0.39 is 0 Å². The Hall–Kier alpha value is -0.820. The molecule has 0 fully saturated rings. The molecule has 0 saturated heterocycles. The molecule has 0 heterocycles. The molecule has 0 radical (unpaired) electrons. The first-order valence-corrected chi connectivity index (χ1v) is 6.47. The van der Waals surface area contributed by atoms with Crippen LogP contribution in [0.2, 0.25) is 0 Å². The lowest BCUT2D eigenvalue weighted by Gasteiger charge is -2.16. The van der Waals surface area contributed by atoms with Gasteiger partial charge in [-0.05, 0) is 56.3 Å². The highest BCUT2D eigenvalue weighted by molar-refractivity contribution is 5.33. The van der Waals surface area contributed by atoms with Crippen molar-refractivity contribution in [2.45, 2.75) is 53.0 Å². The van der Waals surface area contributed by atoms with E-state index in [4.69, 9.17) is 0 Å². The Labute approximate surface area is 100 Å². The SMILES string of the molecule is CCC(CC)NCCc1c(C)cccc1C. The third kappa shape index (κ3) is 3.64. The summed E-state index contributed by atoms with van der Waals surface area (Å²) in [6.07, 6.45) is 3.60. The highest BCUT2D eigenvalue weighted by atomic mass is 14.9. The van der Waals surface area contributed by atoms with Crippen LogP contribution in [0.1, 0.15) is 43.4 Å². The highest BCUT2D eigenvalue weighted by Gasteiger charge is 2.04. The molecule has 16 heavy (non-hydrogen) atoms. The summed E-state index contributed by atoms with van der Waals surface area (Å²) < 4.78 is 0. The van der Waals surface area contributed by atoms with E-state index in [0.29, 0.717) is 6.04 Å². The summed E-state index contributed by atoms with van der Waals surface area (Å²) in [6.45, 7) is 10.0. The predicted octanol–water partition coefficient (Wildman–Crippen LogP) is 3.62. The van der Waals surface area contributed by atoms with Crippen molar-refractivity contribution in [3.63, 3.8) is 0 Å². The first-order valence-electron chi connectivity index (χ1n) is 6.47. The third-order valence-electron chi connectivity index (χ3n) is 3.44. The van der Waals surface area contributed by atoms with Crippen LogP contribution in [-0.2, 0) is 6.42 Å². The minimum Gasteiger partial charge on any atom is -0.314 e. The second-order valence-electron chi connectivity index (χ2n) is 4.59. The average Bonchev–Trinajstić information content (AvgIpc) is 2.28. The van der Waals surface area contributed by atoms with Crippen LogP contribution < -0.4 is 5.32 Å². The van der Waals surface area contributed by atoms with Crippen molar-refractivity contribution < 1.29 is 0 Å². The molecule has 1 rings (SSSR count). The van der Waals surface area contributed by atoms with Crippen LogP contribution >= 0.6 is 0 Å². The van der Waals surface area contributed by atoms with Gasteiger partial charge in [-0.15, -0.1) is 0 Å². The zero-order valence-corrected chi connectivity index (χ0v) is 11.1. The minimum absolute atomic E-state index is 0.685. The van der Waals surface area contributed by atoms with Gasteiger partial charge >= 0.3 is 0 Å². The van der Waals surface area contributed by atoms with Crippen molar-refractivity contribution in [1.82, 2.24) is 5.32 Å². The van der Waals surface area contributed by atoms with Crippen molar-refractivity contribution in [3.8, 4) is 0 Å². The first kappa shape index (κ1) is 13.2. The number of hydrogen-bond acceptors (Lipinski definition) is 1. The smallest absolute Gasteiger partial charge is 0.00619 e. The molecule has 90 valence electrons. The van der Waals surface area contributed by atoms with Crippen LogP contribution in [-0.4, -0.2) is 12.6 Å². The average molecular weight is 219 g/mol. The lowest BCUT2D eigenvalue weighted by Crippen LogP contribution is -2.29. The van der Waals surface area contributed by atoms with E-state index in [9.17, 15) is 0 Å². The molecule has 0 saturated carbocycles. The molecule has 1 heteroatoms. The largest absolute Gasteiger partial charge is 0.314 e. The number of rotatable bonds is 6. The number of nitrogens with one attached hydrogen (secondary N) is 1. The summed E-state index contributed by atoms with van der Waals surface area (Å²) >= 11 is 0. The van der Waals surface area contributed by atoms with Crippen LogP contribution in [0.5, 0.6) is 0 Å². The summed E-state index contributed by atoms with van der Waals surface area (Å²) in [7, 11) is 0. The molecular formula is C15H25N. The second kappa shape index (κ2) is 6.70. The fourth-order valence-corrected chi connectivity index (χ4v) is 2.22.